The number of rotatable bonds is 3. The Morgan fingerprint density at radius 1 is 1.57 bits per heavy atom. The molecule has 0 saturated carbocycles. The Bertz CT molecular complexity index is 308. The van der Waals surface area contributed by atoms with Crippen molar-refractivity contribution in [3.05, 3.63) is 23.9 Å². The van der Waals surface area contributed by atoms with Crippen molar-refractivity contribution < 1.29 is 4.79 Å². The molecule has 1 aromatic rings. The first-order chi connectivity index (χ1) is 6.69. The van der Waals surface area contributed by atoms with Gasteiger partial charge in [-0.2, -0.15) is 0 Å². The maximum absolute atomic E-state index is 11.6. The fraction of sp³-hybridized carbons (Fsp3) is 0.400. The Labute approximate surface area is 83.9 Å². The fourth-order valence-corrected chi connectivity index (χ4v) is 1.03. The molecule has 0 spiro atoms. The van der Waals surface area contributed by atoms with Gasteiger partial charge < -0.3 is 10.2 Å². The van der Waals surface area contributed by atoms with E-state index in [1.54, 1.807) is 37.3 Å². The second kappa shape index (κ2) is 4.60. The normalized spacial score (nSPS) is 9.64. The Hall–Kier alpha value is -1.58. The minimum atomic E-state index is 0.00246. The van der Waals surface area contributed by atoms with Crippen LogP contribution in [0.5, 0.6) is 0 Å². The van der Waals surface area contributed by atoms with Crippen LogP contribution in [-0.2, 0) is 0 Å². The van der Waals surface area contributed by atoms with Crippen molar-refractivity contribution in [3.63, 3.8) is 0 Å². The Morgan fingerprint density at radius 3 is 2.71 bits per heavy atom. The molecule has 0 saturated heterocycles. The van der Waals surface area contributed by atoms with Gasteiger partial charge in [-0.05, 0) is 19.1 Å². The van der Waals surface area contributed by atoms with Crippen molar-refractivity contribution in [3.8, 4) is 0 Å². The van der Waals surface area contributed by atoms with Crippen LogP contribution in [0.1, 0.15) is 17.3 Å². The Morgan fingerprint density at radius 2 is 2.29 bits per heavy atom. The molecule has 0 atom stereocenters. The molecule has 76 valence electrons. The molecule has 1 rings (SSSR count). The van der Waals surface area contributed by atoms with E-state index >= 15 is 0 Å². The van der Waals surface area contributed by atoms with Crippen molar-refractivity contribution in [1.82, 2.24) is 9.88 Å². The molecular formula is C10H15N3O. The summed E-state index contributed by atoms with van der Waals surface area (Å²) in [6.07, 6.45) is 1.58. The van der Waals surface area contributed by atoms with Crippen LogP contribution in [0.3, 0.4) is 0 Å². The zero-order valence-electron chi connectivity index (χ0n) is 8.74. The van der Waals surface area contributed by atoms with Crippen LogP contribution in [0.4, 0.5) is 5.82 Å². The van der Waals surface area contributed by atoms with Gasteiger partial charge in [0.15, 0.2) is 0 Å². The summed E-state index contributed by atoms with van der Waals surface area (Å²) in [5.74, 6) is 0.767. The molecule has 0 bridgehead atoms. The third-order valence-corrected chi connectivity index (χ3v) is 2.09. The summed E-state index contributed by atoms with van der Waals surface area (Å²) in [6, 6.07) is 3.56. The summed E-state index contributed by atoms with van der Waals surface area (Å²) in [4.78, 5) is 17.4. The summed E-state index contributed by atoms with van der Waals surface area (Å²) >= 11 is 0. The molecule has 1 aromatic heterocycles. The van der Waals surface area contributed by atoms with Crippen LogP contribution in [0.15, 0.2) is 18.3 Å². The largest absolute Gasteiger partial charge is 0.373 e. The van der Waals surface area contributed by atoms with Gasteiger partial charge in [0, 0.05) is 26.8 Å². The van der Waals surface area contributed by atoms with Gasteiger partial charge >= 0.3 is 0 Å². The van der Waals surface area contributed by atoms with Gasteiger partial charge in [0.05, 0.1) is 5.56 Å². The summed E-state index contributed by atoms with van der Waals surface area (Å²) in [7, 11) is 3.57. The molecule has 14 heavy (non-hydrogen) atoms. The van der Waals surface area contributed by atoms with E-state index in [9.17, 15) is 4.79 Å². The van der Waals surface area contributed by atoms with E-state index in [4.69, 9.17) is 0 Å². The molecule has 1 amide bonds. The molecule has 4 nitrogen and oxygen atoms in total. The number of hydrogen-bond acceptors (Lipinski definition) is 3. The van der Waals surface area contributed by atoms with Crippen molar-refractivity contribution in [2.45, 2.75) is 6.92 Å². The van der Waals surface area contributed by atoms with Crippen LogP contribution in [0, 0.1) is 0 Å². The van der Waals surface area contributed by atoms with Gasteiger partial charge in [-0.1, -0.05) is 0 Å². The number of hydrogen-bond donors (Lipinski definition) is 1. The molecule has 0 aliphatic carbocycles. The first-order valence-electron chi connectivity index (χ1n) is 4.58. The van der Waals surface area contributed by atoms with Crippen molar-refractivity contribution in [2.24, 2.45) is 0 Å². The van der Waals surface area contributed by atoms with Crippen molar-refractivity contribution in [2.75, 3.05) is 26.0 Å². The Kier molecular flexibility index (Phi) is 3.45. The van der Waals surface area contributed by atoms with Crippen molar-refractivity contribution in [1.29, 1.82) is 0 Å². The smallest absolute Gasteiger partial charge is 0.255 e. The second-order valence-electron chi connectivity index (χ2n) is 3.00. The third-order valence-electron chi connectivity index (χ3n) is 2.09. The molecule has 0 aromatic carbocycles. The summed E-state index contributed by atoms with van der Waals surface area (Å²) in [5.41, 5.74) is 0.619. The van der Waals surface area contributed by atoms with Crippen LogP contribution < -0.4 is 5.32 Å². The summed E-state index contributed by atoms with van der Waals surface area (Å²) < 4.78 is 0. The molecule has 1 N–H and O–H groups in total. The molecule has 4 heteroatoms. The maximum Gasteiger partial charge on any atom is 0.255 e. The van der Waals surface area contributed by atoms with Gasteiger partial charge in [0.1, 0.15) is 5.82 Å². The van der Waals surface area contributed by atoms with Crippen LogP contribution >= 0.6 is 0 Å². The molecular weight excluding hydrogens is 178 g/mol. The zero-order valence-corrected chi connectivity index (χ0v) is 8.74. The maximum atomic E-state index is 11.6. The predicted molar refractivity (Wildman–Crippen MR) is 56.4 cm³/mol. The lowest BCUT2D eigenvalue weighted by Crippen LogP contribution is -2.26. The van der Waals surface area contributed by atoms with E-state index in [0.717, 1.165) is 5.82 Å². The number of nitrogens with one attached hydrogen (secondary N) is 1. The molecule has 0 aliphatic rings. The molecule has 1 heterocycles. The number of nitrogens with zero attached hydrogens (tertiary/aromatic N) is 2. The first-order valence-corrected chi connectivity index (χ1v) is 4.58. The molecule has 0 unspecified atom stereocenters. The highest BCUT2D eigenvalue weighted by Gasteiger charge is 2.09. The number of amides is 1. The second-order valence-corrected chi connectivity index (χ2v) is 3.00. The topological polar surface area (TPSA) is 45.2 Å². The number of anilines is 1. The highest BCUT2D eigenvalue weighted by atomic mass is 16.2. The lowest BCUT2D eigenvalue weighted by molar-refractivity contribution is 0.0802. The van der Waals surface area contributed by atoms with E-state index in [2.05, 4.69) is 10.3 Å². The zero-order chi connectivity index (χ0) is 10.6. The molecule has 0 radical (unpaired) electrons. The molecule has 0 fully saturated rings. The highest BCUT2D eigenvalue weighted by Crippen LogP contribution is 2.06. The van der Waals surface area contributed by atoms with Gasteiger partial charge in [-0.15, -0.1) is 0 Å². The van der Waals surface area contributed by atoms with Gasteiger partial charge in [-0.25, -0.2) is 4.98 Å². The predicted octanol–water partition coefficient (Wildman–Crippen LogP) is 1.22. The SMILES string of the molecule is CCN(C)C(=O)c1ccc(NC)nc1. The van der Waals surface area contributed by atoms with E-state index in [1.165, 1.54) is 0 Å². The van der Waals surface area contributed by atoms with E-state index in [-0.39, 0.29) is 5.91 Å². The van der Waals surface area contributed by atoms with E-state index < -0.39 is 0 Å². The first kappa shape index (κ1) is 10.5. The van der Waals surface area contributed by atoms with Crippen LogP contribution in [0.25, 0.3) is 0 Å². The van der Waals surface area contributed by atoms with Gasteiger partial charge in [0.25, 0.3) is 5.91 Å². The van der Waals surface area contributed by atoms with Gasteiger partial charge in [-0.3, -0.25) is 4.79 Å². The molecule has 0 aliphatic heterocycles. The fourth-order valence-electron chi connectivity index (χ4n) is 1.03. The quantitative estimate of drug-likeness (QED) is 0.785. The Balaban J connectivity index is 2.81. The lowest BCUT2D eigenvalue weighted by atomic mass is 10.2. The number of carbonyl (C=O) groups is 1. The summed E-state index contributed by atoms with van der Waals surface area (Å²) in [6.45, 7) is 2.64. The van der Waals surface area contributed by atoms with Gasteiger partial charge in [0.2, 0.25) is 0 Å². The van der Waals surface area contributed by atoms with Crippen molar-refractivity contribution >= 4 is 11.7 Å². The average molecular weight is 193 g/mol. The van der Waals surface area contributed by atoms with Crippen LogP contribution in [-0.4, -0.2) is 36.4 Å². The number of pyridine rings is 1. The minimum absolute atomic E-state index is 0.00246. The van der Waals surface area contributed by atoms with Crippen LogP contribution in [0.2, 0.25) is 0 Å². The van der Waals surface area contributed by atoms with E-state index in [0.29, 0.717) is 12.1 Å². The monoisotopic (exact) mass is 193 g/mol. The highest BCUT2D eigenvalue weighted by molar-refractivity contribution is 5.93. The third kappa shape index (κ3) is 2.22. The van der Waals surface area contributed by atoms with E-state index in [1.807, 2.05) is 6.92 Å². The standard InChI is InChI=1S/C10H15N3O/c1-4-13(3)10(14)8-5-6-9(11-2)12-7-8/h5-7H,4H2,1-3H3,(H,11,12). The minimum Gasteiger partial charge on any atom is -0.373 e. The lowest BCUT2D eigenvalue weighted by Gasteiger charge is -2.13. The number of carbonyl (C=O) groups excluding carboxylic acids is 1. The number of aromatic nitrogens is 1. The summed E-state index contributed by atoms with van der Waals surface area (Å²) in [5, 5.41) is 2.90. The average Bonchev–Trinajstić information content (AvgIpc) is 2.27.